The molecule has 0 unspecified atom stereocenters. The van der Waals surface area contributed by atoms with E-state index in [1.54, 1.807) is 6.92 Å². The van der Waals surface area contributed by atoms with Crippen LogP contribution in [-0.2, 0) is 28.9 Å². The maximum absolute atomic E-state index is 13.1. The molecule has 1 N–H and O–H groups in total. The molecule has 166 valence electrons. The molecule has 0 radical (unpaired) electrons. The molecule has 5 nitrogen and oxygen atoms in total. The Hall–Kier alpha value is -2.25. The molecule has 0 bridgehead atoms. The van der Waals surface area contributed by atoms with Crippen molar-refractivity contribution in [1.82, 2.24) is 4.90 Å². The predicted molar refractivity (Wildman–Crippen MR) is 120 cm³/mol. The minimum absolute atomic E-state index is 0.00872. The Balaban J connectivity index is 1.38. The first-order chi connectivity index (χ1) is 15.0. The Bertz CT molecular complexity index is 933. The van der Waals surface area contributed by atoms with E-state index in [0.29, 0.717) is 17.2 Å². The van der Waals surface area contributed by atoms with E-state index in [1.807, 2.05) is 12.1 Å². The monoisotopic (exact) mass is 444 g/mol. The van der Waals surface area contributed by atoms with Gasteiger partial charge in [0.25, 0.3) is 0 Å². The van der Waals surface area contributed by atoms with Gasteiger partial charge >= 0.3 is 5.97 Å². The molecule has 2 aromatic rings. The molecule has 31 heavy (non-hydrogen) atoms. The lowest BCUT2D eigenvalue weighted by Crippen LogP contribution is -2.37. The van der Waals surface area contributed by atoms with Crippen LogP contribution in [-0.4, -0.2) is 36.5 Å². The van der Waals surface area contributed by atoms with E-state index in [2.05, 4.69) is 10.2 Å². The fourth-order valence-electron chi connectivity index (χ4n) is 4.49. The second kappa shape index (κ2) is 9.92. The number of likely N-dealkylation sites (tertiary alicyclic amines) is 1. The number of nitrogens with one attached hydrogen (secondary N) is 1. The summed E-state index contributed by atoms with van der Waals surface area (Å²) in [6.45, 7) is 4.53. The molecule has 0 atom stereocenters. The summed E-state index contributed by atoms with van der Waals surface area (Å²) in [5.74, 6) is -0.632. The fraction of sp³-hybridized carbons (Fsp3) is 0.500. The third-order valence-electron chi connectivity index (χ3n) is 6.17. The summed E-state index contributed by atoms with van der Waals surface area (Å²) in [5, 5.41) is 3.72. The maximum atomic E-state index is 13.1. The third-order valence-corrected chi connectivity index (χ3v) is 7.37. The lowest BCUT2D eigenvalue weighted by Gasteiger charge is -2.31. The third kappa shape index (κ3) is 5.15. The number of halogens is 1. The Morgan fingerprint density at radius 1 is 1.16 bits per heavy atom. The Kier molecular flexibility index (Phi) is 7.02. The standard InChI is InChI=1S/C24H29FN2O3S/c1-2-30-24(29)21-19-5-3-4-6-20(19)31-23(21)26-22(28)17-11-13-27(14-12-17)15-16-7-9-18(25)10-8-16/h7-10,17H,2-6,11-15H2,1H3,(H,26,28). The van der Waals surface area contributed by atoms with E-state index in [4.69, 9.17) is 4.74 Å². The molecule has 1 amide bonds. The summed E-state index contributed by atoms with van der Waals surface area (Å²) in [4.78, 5) is 29.1. The smallest absolute Gasteiger partial charge is 0.341 e. The molecule has 1 aliphatic carbocycles. The van der Waals surface area contributed by atoms with Crippen molar-refractivity contribution in [3.8, 4) is 0 Å². The Morgan fingerprint density at radius 2 is 1.87 bits per heavy atom. The Morgan fingerprint density at radius 3 is 2.58 bits per heavy atom. The first kappa shape index (κ1) is 22.0. The number of fused-ring (bicyclic) bond motifs is 1. The summed E-state index contributed by atoms with van der Waals surface area (Å²) in [6, 6.07) is 6.59. The van der Waals surface area contributed by atoms with Crippen molar-refractivity contribution in [3.63, 3.8) is 0 Å². The van der Waals surface area contributed by atoms with Crippen molar-refractivity contribution < 1.29 is 18.7 Å². The molecule has 1 fully saturated rings. The quantitative estimate of drug-likeness (QED) is 0.651. The SMILES string of the molecule is CCOC(=O)c1c(NC(=O)C2CCN(Cc3ccc(F)cc3)CC2)sc2c1CCCC2. The molecule has 7 heteroatoms. The van der Waals surface area contributed by atoms with Gasteiger partial charge in [-0.1, -0.05) is 12.1 Å². The number of nitrogens with zero attached hydrogens (tertiary/aromatic N) is 1. The Labute approximate surface area is 186 Å². The second-order valence-corrected chi connectivity index (χ2v) is 9.41. The van der Waals surface area contributed by atoms with E-state index in [-0.39, 0.29) is 23.6 Å². The minimum Gasteiger partial charge on any atom is -0.462 e. The molecular formula is C24H29FN2O3S. The van der Waals surface area contributed by atoms with Crippen molar-refractivity contribution >= 4 is 28.2 Å². The van der Waals surface area contributed by atoms with Crippen LogP contribution in [0.1, 0.15) is 59.0 Å². The highest BCUT2D eigenvalue weighted by molar-refractivity contribution is 7.17. The van der Waals surface area contributed by atoms with Crippen molar-refractivity contribution in [2.45, 2.75) is 52.0 Å². The number of carbonyl (C=O) groups is 2. The highest BCUT2D eigenvalue weighted by atomic mass is 32.1. The van der Waals surface area contributed by atoms with Gasteiger partial charge in [-0.15, -0.1) is 11.3 Å². The molecule has 2 heterocycles. The van der Waals surface area contributed by atoms with Crippen LogP contribution in [0.4, 0.5) is 9.39 Å². The number of benzene rings is 1. The van der Waals surface area contributed by atoms with E-state index in [9.17, 15) is 14.0 Å². The van der Waals surface area contributed by atoms with Gasteiger partial charge in [0.1, 0.15) is 10.8 Å². The molecule has 1 aromatic carbocycles. The van der Waals surface area contributed by atoms with Gasteiger partial charge in [-0.25, -0.2) is 9.18 Å². The molecule has 1 aliphatic heterocycles. The number of anilines is 1. The molecule has 1 aromatic heterocycles. The fourth-order valence-corrected chi connectivity index (χ4v) is 5.77. The van der Waals surface area contributed by atoms with Gasteiger partial charge in [-0.05, 0) is 81.8 Å². The molecule has 2 aliphatic rings. The lowest BCUT2D eigenvalue weighted by molar-refractivity contribution is -0.121. The van der Waals surface area contributed by atoms with Crippen molar-refractivity contribution in [2.75, 3.05) is 25.0 Å². The van der Waals surface area contributed by atoms with Gasteiger partial charge in [-0.2, -0.15) is 0 Å². The number of piperidine rings is 1. The number of ether oxygens (including phenoxy) is 1. The van der Waals surface area contributed by atoms with Crippen molar-refractivity contribution in [1.29, 1.82) is 0 Å². The average Bonchev–Trinajstić information content (AvgIpc) is 3.14. The van der Waals surface area contributed by atoms with E-state index < -0.39 is 0 Å². The highest BCUT2D eigenvalue weighted by Gasteiger charge is 2.30. The van der Waals surface area contributed by atoms with Crippen LogP contribution in [0, 0.1) is 11.7 Å². The summed E-state index contributed by atoms with van der Waals surface area (Å²) >= 11 is 1.54. The van der Waals surface area contributed by atoms with Gasteiger partial charge in [0, 0.05) is 17.3 Å². The number of carbonyl (C=O) groups excluding carboxylic acids is 2. The number of hydrogen-bond acceptors (Lipinski definition) is 5. The van der Waals surface area contributed by atoms with Gasteiger partial charge in [0.2, 0.25) is 5.91 Å². The van der Waals surface area contributed by atoms with E-state index >= 15 is 0 Å². The molecule has 4 rings (SSSR count). The van der Waals surface area contributed by atoms with E-state index in [0.717, 1.165) is 69.3 Å². The molecule has 0 spiro atoms. The zero-order chi connectivity index (χ0) is 21.8. The summed E-state index contributed by atoms with van der Waals surface area (Å²) in [5.41, 5.74) is 2.72. The van der Waals surface area contributed by atoms with Crippen LogP contribution in [0.5, 0.6) is 0 Å². The van der Waals surface area contributed by atoms with Crippen LogP contribution < -0.4 is 5.32 Å². The van der Waals surface area contributed by atoms with Gasteiger partial charge < -0.3 is 10.1 Å². The number of esters is 1. The summed E-state index contributed by atoms with van der Waals surface area (Å²) < 4.78 is 18.4. The lowest BCUT2D eigenvalue weighted by atomic mass is 9.94. The number of thiophene rings is 1. The zero-order valence-electron chi connectivity index (χ0n) is 17.9. The van der Waals surface area contributed by atoms with Crippen LogP contribution in [0.15, 0.2) is 24.3 Å². The predicted octanol–water partition coefficient (Wildman–Crippen LogP) is 4.79. The number of aryl methyl sites for hydroxylation is 1. The summed E-state index contributed by atoms with van der Waals surface area (Å²) in [7, 11) is 0. The topological polar surface area (TPSA) is 58.6 Å². The van der Waals surface area contributed by atoms with Gasteiger partial charge in [0.15, 0.2) is 0 Å². The van der Waals surface area contributed by atoms with Crippen LogP contribution in [0.2, 0.25) is 0 Å². The first-order valence-electron chi connectivity index (χ1n) is 11.1. The average molecular weight is 445 g/mol. The zero-order valence-corrected chi connectivity index (χ0v) is 18.7. The van der Waals surface area contributed by atoms with Crippen molar-refractivity contribution in [3.05, 3.63) is 51.7 Å². The number of rotatable bonds is 6. The molecular weight excluding hydrogens is 415 g/mol. The molecule has 1 saturated heterocycles. The summed E-state index contributed by atoms with van der Waals surface area (Å²) in [6.07, 6.45) is 5.56. The molecule has 0 saturated carbocycles. The van der Waals surface area contributed by atoms with Crippen LogP contribution >= 0.6 is 11.3 Å². The van der Waals surface area contributed by atoms with Gasteiger partial charge in [0.05, 0.1) is 12.2 Å². The van der Waals surface area contributed by atoms with Gasteiger partial charge in [-0.3, -0.25) is 9.69 Å². The maximum Gasteiger partial charge on any atom is 0.341 e. The highest BCUT2D eigenvalue weighted by Crippen LogP contribution is 2.39. The first-order valence-corrected chi connectivity index (χ1v) is 12.0. The number of amides is 1. The normalized spacial score (nSPS) is 17.2. The van der Waals surface area contributed by atoms with Crippen LogP contribution in [0.25, 0.3) is 0 Å². The largest absolute Gasteiger partial charge is 0.462 e. The van der Waals surface area contributed by atoms with Crippen LogP contribution in [0.3, 0.4) is 0 Å². The van der Waals surface area contributed by atoms with E-state index in [1.165, 1.54) is 28.3 Å². The minimum atomic E-state index is -0.327. The number of hydrogen-bond donors (Lipinski definition) is 1. The second-order valence-electron chi connectivity index (χ2n) is 8.30. The van der Waals surface area contributed by atoms with Crippen molar-refractivity contribution in [2.24, 2.45) is 5.92 Å².